The van der Waals surface area contributed by atoms with Gasteiger partial charge in [0.15, 0.2) is 0 Å². The van der Waals surface area contributed by atoms with Gasteiger partial charge in [-0.15, -0.1) is 0 Å². The molecule has 0 saturated heterocycles. The number of nitrogens with zero attached hydrogens (tertiary/aromatic N) is 3. The van der Waals surface area contributed by atoms with E-state index in [0.29, 0.717) is 24.0 Å². The lowest BCUT2D eigenvalue weighted by Gasteiger charge is -2.22. The first-order valence-corrected chi connectivity index (χ1v) is 9.92. The molecule has 0 aliphatic heterocycles. The fraction of sp³-hybridized carbons (Fsp3) is 0.455. The van der Waals surface area contributed by atoms with Crippen molar-refractivity contribution < 1.29 is 14.4 Å². The number of aliphatic hydroxyl groups is 1. The minimum atomic E-state index is -0.573. The topological polar surface area (TPSA) is 71.6 Å². The molecule has 0 bridgehead atoms. The summed E-state index contributed by atoms with van der Waals surface area (Å²) in [7, 11) is 0. The summed E-state index contributed by atoms with van der Waals surface area (Å²) in [5.74, 6) is 1.90. The summed E-state index contributed by atoms with van der Waals surface area (Å²) in [5, 5.41) is 16.6. The number of ether oxygens (including phenoxy) is 1. The number of rotatable bonds is 9. The van der Waals surface area contributed by atoms with Crippen molar-refractivity contribution in [2.45, 2.75) is 39.7 Å². The van der Waals surface area contributed by atoms with Crippen molar-refractivity contribution in [1.29, 1.82) is 0 Å². The van der Waals surface area contributed by atoms with E-state index in [0.717, 1.165) is 29.4 Å². The second kappa shape index (κ2) is 9.17. The van der Waals surface area contributed by atoms with Crippen LogP contribution in [-0.2, 0) is 0 Å². The molecule has 1 unspecified atom stereocenters. The predicted octanol–water partition coefficient (Wildman–Crippen LogP) is 4.09. The third-order valence-corrected chi connectivity index (χ3v) is 4.84. The summed E-state index contributed by atoms with van der Waals surface area (Å²) in [6, 6.07) is 12.0. The first kappa shape index (κ1) is 20.3. The summed E-state index contributed by atoms with van der Waals surface area (Å²) in [5.41, 5.74) is 0.795. The van der Waals surface area contributed by atoms with E-state index in [2.05, 4.69) is 28.9 Å². The molecule has 1 heterocycles. The van der Waals surface area contributed by atoms with Crippen molar-refractivity contribution in [3.05, 3.63) is 42.3 Å². The van der Waals surface area contributed by atoms with Gasteiger partial charge in [0.25, 0.3) is 0 Å². The molecule has 0 fully saturated rings. The van der Waals surface area contributed by atoms with E-state index in [1.165, 1.54) is 0 Å². The number of likely N-dealkylation sites (N-methyl/N-ethyl adjacent to an activating group) is 1. The lowest BCUT2D eigenvalue weighted by atomic mass is 10.0. The van der Waals surface area contributed by atoms with Crippen LogP contribution in [0.25, 0.3) is 22.2 Å². The van der Waals surface area contributed by atoms with Crippen LogP contribution in [0.5, 0.6) is 5.75 Å². The number of hydrogen-bond donors (Lipinski definition) is 1. The minimum Gasteiger partial charge on any atom is -0.490 e. The van der Waals surface area contributed by atoms with E-state index in [4.69, 9.17) is 9.26 Å². The highest BCUT2D eigenvalue weighted by Gasteiger charge is 2.19. The summed E-state index contributed by atoms with van der Waals surface area (Å²) >= 11 is 0. The van der Waals surface area contributed by atoms with Gasteiger partial charge in [-0.3, -0.25) is 0 Å². The van der Waals surface area contributed by atoms with E-state index in [1.807, 2.05) is 50.2 Å². The fourth-order valence-corrected chi connectivity index (χ4v) is 3.19. The molecule has 1 aromatic heterocycles. The summed E-state index contributed by atoms with van der Waals surface area (Å²) in [4.78, 5) is 6.73. The Hall–Kier alpha value is -2.44. The Kier molecular flexibility index (Phi) is 6.65. The first-order valence-electron chi connectivity index (χ1n) is 9.92. The molecule has 2 aromatic carbocycles. The van der Waals surface area contributed by atoms with Crippen LogP contribution in [0.2, 0.25) is 0 Å². The van der Waals surface area contributed by atoms with Gasteiger partial charge in [0.1, 0.15) is 18.5 Å². The summed E-state index contributed by atoms with van der Waals surface area (Å²) in [6.07, 6.45) is -0.573. The van der Waals surface area contributed by atoms with Crippen LogP contribution in [0.15, 0.2) is 40.9 Å². The lowest BCUT2D eigenvalue weighted by molar-refractivity contribution is 0.0719. The van der Waals surface area contributed by atoms with Gasteiger partial charge in [-0.1, -0.05) is 63.2 Å². The van der Waals surface area contributed by atoms with Crippen LogP contribution in [0.4, 0.5) is 0 Å². The molecule has 1 N–H and O–H groups in total. The zero-order valence-electron chi connectivity index (χ0n) is 17.1. The van der Waals surface area contributed by atoms with Crippen LogP contribution in [0.1, 0.15) is 39.5 Å². The SMILES string of the molecule is CCN(CC)CC(O)COc1ccc2ccccc2c1-c1noc(C(C)C)n1. The van der Waals surface area contributed by atoms with Crippen molar-refractivity contribution in [2.75, 3.05) is 26.2 Å². The highest BCUT2D eigenvalue weighted by atomic mass is 16.5. The second-order valence-electron chi connectivity index (χ2n) is 7.22. The maximum Gasteiger partial charge on any atom is 0.229 e. The van der Waals surface area contributed by atoms with Gasteiger partial charge in [0.2, 0.25) is 11.7 Å². The fourth-order valence-electron chi connectivity index (χ4n) is 3.19. The molecule has 3 aromatic rings. The summed E-state index contributed by atoms with van der Waals surface area (Å²) in [6.45, 7) is 10.8. The standard InChI is InChI=1S/C22H29N3O3/c1-5-25(6-2)13-17(26)14-27-19-12-11-16-9-7-8-10-18(16)20(19)21-23-22(15(3)4)28-24-21/h7-12,15,17,26H,5-6,13-14H2,1-4H3. The molecule has 28 heavy (non-hydrogen) atoms. The zero-order valence-corrected chi connectivity index (χ0v) is 17.1. The molecule has 0 saturated carbocycles. The number of benzene rings is 2. The Labute approximate surface area is 166 Å². The lowest BCUT2D eigenvalue weighted by Crippen LogP contribution is -2.35. The third kappa shape index (κ3) is 4.51. The quantitative estimate of drug-likeness (QED) is 0.600. The molecule has 6 nitrogen and oxygen atoms in total. The van der Waals surface area contributed by atoms with Crippen LogP contribution in [0.3, 0.4) is 0 Å². The van der Waals surface area contributed by atoms with E-state index in [9.17, 15) is 5.11 Å². The van der Waals surface area contributed by atoms with Gasteiger partial charge in [-0.25, -0.2) is 0 Å². The molecule has 0 aliphatic carbocycles. The Bertz CT molecular complexity index is 903. The molecule has 150 valence electrons. The number of hydrogen-bond acceptors (Lipinski definition) is 6. The third-order valence-electron chi connectivity index (χ3n) is 4.84. The van der Waals surface area contributed by atoms with Crippen molar-refractivity contribution in [3.63, 3.8) is 0 Å². The van der Waals surface area contributed by atoms with Crippen LogP contribution in [0, 0.1) is 0 Å². The van der Waals surface area contributed by atoms with Crippen molar-refractivity contribution >= 4 is 10.8 Å². The van der Waals surface area contributed by atoms with E-state index in [-0.39, 0.29) is 12.5 Å². The molecule has 6 heteroatoms. The maximum absolute atomic E-state index is 10.4. The van der Waals surface area contributed by atoms with Crippen molar-refractivity contribution in [1.82, 2.24) is 15.0 Å². The zero-order chi connectivity index (χ0) is 20.1. The Morgan fingerprint density at radius 2 is 1.86 bits per heavy atom. The average molecular weight is 383 g/mol. The number of aromatic nitrogens is 2. The molecular formula is C22H29N3O3. The van der Waals surface area contributed by atoms with Crippen LogP contribution in [-0.4, -0.2) is 52.5 Å². The van der Waals surface area contributed by atoms with Gasteiger partial charge in [0, 0.05) is 12.5 Å². The molecule has 0 aliphatic rings. The van der Waals surface area contributed by atoms with Gasteiger partial charge < -0.3 is 19.3 Å². The predicted molar refractivity (Wildman–Crippen MR) is 111 cm³/mol. The van der Waals surface area contributed by atoms with Crippen molar-refractivity contribution in [3.8, 4) is 17.1 Å². The first-order chi connectivity index (χ1) is 13.5. The van der Waals surface area contributed by atoms with Gasteiger partial charge in [-0.2, -0.15) is 4.98 Å². The van der Waals surface area contributed by atoms with Crippen LogP contribution < -0.4 is 4.74 Å². The average Bonchev–Trinajstić information content (AvgIpc) is 3.20. The van der Waals surface area contributed by atoms with Gasteiger partial charge in [-0.05, 0) is 29.9 Å². The van der Waals surface area contributed by atoms with Gasteiger partial charge >= 0.3 is 0 Å². The van der Waals surface area contributed by atoms with Crippen molar-refractivity contribution in [2.24, 2.45) is 0 Å². The summed E-state index contributed by atoms with van der Waals surface area (Å²) < 4.78 is 11.4. The van der Waals surface area contributed by atoms with E-state index < -0.39 is 6.10 Å². The van der Waals surface area contributed by atoms with Crippen LogP contribution >= 0.6 is 0 Å². The number of fused-ring (bicyclic) bond motifs is 1. The van der Waals surface area contributed by atoms with Gasteiger partial charge in [0.05, 0.1) is 5.56 Å². The Morgan fingerprint density at radius 1 is 1.11 bits per heavy atom. The second-order valence-corrected chi connectivity index (χ2v) is 7.22. The minimum absolute atomic E-state index is 0.150. The molecule has 0 spiro atoms. The molecule has 0 radical (unpaired) electrons. The molecular weight excluding hydrogens is 354 g/mol. The number of aliphatic hydroxyl groups excluding tert-OH is 1. The highest BCUT2D eigenvalue weighted by molar-refractivity contribution is 5.98. The molecule has 1 atom stereocenters. The monoisotopic (exact) mass is 383 g/mol. The smallest absolute Gasteiger partial charge is 0.229 e. The highest BCUT2D eigenvalue weighted by Crippen LogP contribution is 2.36. The molecule has 3 rings (SSSR count). The van der Waals surface area contributed by atoms with E-state index >= 15 is 0 Å². The Balaban J connectivity index is 1.91. The maximum atomic E-state index is 10.4. The van der Waals surface area contributed by atoms with E-state index in [1.54, 1.807) is 0 Å². The molecule has 0 amide bonds. The largest absolute Gasteiger partial charge is 0.490 e. The Morgan fingerprint density at radius 3 is 2.54 bits per heavy atom. The normalized spacial score (nSPS) is 12.8.